The van der Waals surface area contributed by atoms with E-state index in [4.69, 9.17) is 4.74 Å². The van der Waals surface area contributed by atoms with Crippen LogP contribution in [0.3, 0.4) is 0 Å². The maximum Gasteiger partial charge on any atom is 0.160 e. The first-order valence-corrected chi connectivity index (χ1v) is 6.16. The maximum atomic E-state index is 9.64. The van der Waals surface area contributed by atoms with Gasteiger partial charge in [0.25, 0.3) is 0 Å². The zero-order valence-corrected chi connectivity index (χ0v) is 11.7. The number of nitrogens with one attached hydrogen (secondary N) is 2. The molecule has 2 unspecified atom stereocenters. The summed E-state index contributed by atoms with van der Waals surface area (Å²) in [6, 6.07) is 5.35. The number of methoxy groups -OCH3 is 1. The van der Waals surface area contributed by atoms with E-state index in [1.54, 1.807) is 12.1 Å². The zero-order valence-electron chi connectivity index (χ0n) is 10.9. The van der Waals surface area contributed by atoms with Gasteiger partial charge < -0.3 is 25.6 Å². The predicted octanol–water partition coefficient (Wildman–Crippen LogP) is 0.492. The number of phenols is 1. The van der Waals surface area contributed by atoms with Crippen LogP contribution in [0.15, 0.2) is 18.2 Å². The van der Waals surface area contributed by atoms with Crippen LogP contribution in [-0.2, 0) is 6.54 Å². The van der Waals surface area contributed by atoms with Gasteiger partial charge in [0.2, 0.25) is 0 Å². The third kappa shape index (κ3) is 4.24. The van der Waals surface area contributed by atoms with E-state index >= 15 is 0 Å². The molecule has 6 heteroatoms. The quantitative estimate of drug-likeness (QED) is 0.635. The summed E-state index contributed by atoms with van der Waals surface area (Å²) in [4.78, 5) is 0. The van der Waals surface area contributed by atoms with E-state index < -0.39 is 0 Å². The van der Waals surface area contributed by atoms with Crippen LogP contribution in [0.25, 0.3) is 0 Å². The minimum absolute atomic E-state index is 0. The highest BCUT2D eigenvalue weighted by Gasteiger charge is 2.23. The second kappa shape index (κ2) is 7.55. The minimum Gasteiger partial charge on any atom is -0.504 e. The number of aliphatic hydroxyl groups is 1. The van der Waals surface area contributed by atoms with Crippen LogP contribution in [-0.4, -0.2) is 43.1 Å². The molecule has 1 aromatic carbocycles. The van der Waals surface area contributed by atoms with Crippen molar-refractivity contribution in [1.29, 1.82) is 0 Å². The van der Waals surface area contributed by atoms with E-state index in [2.05, 4.69) is 10.6 Å². The molecule has 1 fully saturated rings. The Hall–Kier alpha value is -1.01. The summed E-state index contributed by atoms with van der Waals surface area (Å²) in [5.74, 6) is 0.894. The van der Waals surface area contributed by atoms with Gasteiger partial charge >= 0.3 is 0 Å². The van der Waals surface area contributed by atoms with E-state index in [1.807, 2.05) is 6.07 Å². The van der Waals surface area contributed by atoms with E-state index in [1.165, 1.54) is 7.11 Å². The van der Waals surface area contributed by atoms with E-state index in [0.29, 0.717) is 18.8 Å². The number of rotatable bonds is 5. The summed E-state index contributed by atoms with van der Waals surface area (Å²) in [5, 5.41) is 25.7. The largest absolute Gasteiger partial charge is 0.504 e. The van der Waals surface area contributed by atoms with Gasteiger partial charge in [0.05, 0.1) is 13.2 Å². The molecule has 0 aliphatic carbocycles. The van der Waals surface area contributed by atoms with Crippen LogP contribution in [0.4, 0.5) is 0 Å². The topological polar surface area (TPSA) is 73.8 Å². The third-order valence-corrected chi connectivity index (χ3v) is 3.28. The molecular weight excluding hydrogens is 268 g/mol. The van der Waals surface area contributed by atoms with Gasteiger partial charge in [-0.3, -0.25) is 0 Å². The van der Waals surface area contributed by atoms with Crippen molar-refractivity contribution in [2.45, 2.75) is 12.6 Å². The number of hydrogen-bond acceptors (Lipinski definition) is 5. The fourth-order valence-electron chi connectivity index (χ4n) is 2.17. The summed E-state index contributed by atoms with van der Waals surface area (Å²) in [6.45, 7) is 2.96. The van der Waals surface area contributed by atoms with Crippen molar-refractivity contribution in [1.82, 2.24) is 10.6 Å². The second-order valence-electron chi connectivity index (χ2n) is 4.62. The third-order valence-electron chi connectivity index (χ3n) is 3.28. The van der Waals surface area contributed by atoms with E-state index in [9.17, 15) is 10.2 Å². The van der Waals surface area contributed by atoms with Gasteiger partial charge in [-0.1, -0.05) is 6.07 Å². The molecule has 1 aromatic rings. The number of aromatic hydroxyl groups is 1. The Morgan fingerprint density at radius 3 is 2.79 bits per heavy atom. The lowest BCUT2D eigenvalue weighted by molar-refractivity contribution is 0.146. The summed E-state index contributed by atoms with van der Waals surface area (Å²) in [6.07, 6.45) is -0.262. The van der Waals surface area contributed by atoms with E-state index in [0.717, 1.165) is 18.7 Å². The lowest BCUT2D eigenvalue weighted by atomic mass is 10.1. The number of aliphatic hydroxyl groups excluding tert-OH is 1. The Kier molecular flexibility index (Phi) is 6.37. The van der Waals surface area contributed by atoms with Crippen LogP contribution < -0.4 is 15.4 Å². The van der Waals surface area contributed by atoms with Crippen LogP contribution in [0.5, 0.6) is 11.5 Å². The number of halogens is 1. The fraction of sp³-hybridized carbons (Fsp3) is 0.538. The fourth-order valence-corrected chi connectivity index (χ4v) is 2.17. The number of β-amino-alcohol motifs (C(OH)–C–C–N with tert-alkyl or cyclic N) is 1. The summed E-state index contributed by atoms with van der Waals surface area (Å²) >= 11 is 0. The molecular formula is C13H21ClN2O3. The average molecular weight is 289 g/mol. The molecule has 0 aromatic heterocycles. The van der Waals surface area contributed by atoms with Crippen LogP contribution in [0, 0.1) is 5.92 Å². The van der Waals surface area contributed by atoms with E-state index in [-0.39, 0.29) is 30.2 Å². The molecule has 0 radical (unpaired) electrons. The van der Waals surface area contributed by atoms with Crippen molar-refractivity contribution in [2.75, 3.05) is 26.7 Å². The van der Waals surface area contributed by atoms with Crippen LogP contribution in [0.2, 0.25) is 0 Å². The SMILES string of the molecule is COc1ccc(CNCC2CNCC2O)cc1O.Cl. The first-order valence-electron chi connectivity index (χ1n) is 6.16. The molecule has 1 aliphatic rings. The van der Waals surface area contributed by atoms with Crippen molar-refractivity contribution >= 4 is 12.4 Å². The maximum absolute atomic E-state index is 9.64. The van der Waals surface area contributed by atoms with Gasteiger partial charge in [0.1, 0.15) is 0 Å². The zero-order chi connectivity index (χ0) is 13.0. The van der Waals surface area contributed by atoms with Crippen molar-refractivity contribution in [3.05, 3.63) is 23.8 Å². The number of phenolic OH excluding ortho intramolecular Hbond substituents is 1. The molecule has 2 rings (SSSR count). The number of benzene rings is 1. The number of hydrogen-bond donors (Lipinski definition) is 4. The highest BCUT2D eigenvalue weighted by atomic mass is 35.5. The average Bonchev–Trinajstić information content (AvgIpc) is 2.75. The first kappa shape index (κ1) is 16.0. The smallest absolute Gasteiger partial charge is 0.160 e. The molecule has 19 heavy (non-hydrogen) atoms. The molecule has 0 amide bonds. The molecule has 108 valence electrons. The highest BCUT2D eigenvalue weighted by molar-refractivity contribution is 5.85. The van der Waals surface area contributed by atoms with Crippen molar-refractivity contribution in [3.8, 4) is 11.5 Å². The molecule has 2 atom stereocenters. The Labute approximate surface area is 119 Å². The van der Waals surface area contributed by atoms with Gasteiger partial charge in [0.15, 0.2) is 11.5 Å². The Morgan fingerprint density at radius 2 is 2.21 bits per heavy atom. The molecule has 1 heterocycles. The Morgan fingerprint density at radius 1 is 1.42 bits per heavy atom. The lowest BCUT2D eigenvalue weighted by Crippen LogP contribution is -2.30. The summed E-state index contributed by atoms with van der Waals surface area (Å²) in [5.41, 5.74) is 0.994. The molecule has 5 nitrogen and oxygen atoms in total. The Balaban J connectivity index is 0.00000180. The summed E-state index contributed by atoms with van der Waals surface area (Å²) in [7, 11) is 1.53. The van der Waals surface area contributed by atoms with Crippen LogP contribution >= 0.6 is 12.4 Å². The lowest BCUT2D eigenvalue weighted by Gasteiger charge is -2.14. The van der Waals surface area contributed by atoms with Gasteiger partial charge in [-0.25, -0.2) is 0 Å². The van der Waals surface area contributed by atoms with Crippen molar-refractivity contribution < 1.29 is 14.9 Å². The Bertz CT molecular complexity index is 403. The minimum atomic E-state index is -0.262. The molecule has 0 spiro atoms. The van der Waals surface area contributed by atoms with Gasteiger partial charge in [-0.05, 0) is 17.7 Å². The van der Waals surface area contributed by atoms with Crippen LogP contribution in [0.1, 0.15) is 5.56 Å². The summed E-state index contributed by atoms with van der Waals surface area (Å²) < 4.78 is 4.99. The first-order chi connectivity index (χ1) is 8.70. The molecule has 0 saturated carbocycles. The normalized spacial score (nSPS) is 22.0. The molecule has 1 aliphatic heterocycles. The second-order valence-corrected chi connectivity index (χ2v) is 4.62. The standard InChI is InChI=1S/C13H20N2O3.ClH/c1-18-13-3-2-9(4-11(13)16)5-14-6-10-7-15-8-12(10)17;/h2-4,10,12,14-17H,5-8H2,1H3;1H. The van der Waals surface area contributed by atoms with Crippen molar-refractivity contribution in [3.63, 3.8) is 0 Å². The van der Waals surface area contributed by atoms with Crippen molar-refractivity contribution in [2.24, 2.45) is 5.92 Å². The molecule has 4 N–H and O–H groups in total. The van der Waals surface area contributed by atoms with Gasteiger partial charge in [-0.2, -0.15) is 0 Å². The van der Waals surface area contributed by atoms with Gasteiger partial charge in [-0.15, -0.1) is 12.4 Å². The monoisotopic (exact) mass is 288 g/mol. The highest BCUT2D eigenvalue weighted by Crippen LogP contribution is 2.26. The predicted molar refractivity (Wildman–Crippen MR) is 76.0 cm³/mol. The molecule has 1 saturated heterocycles. The number of ether oxygens (including phenoxy) is 1. The molecule has 0 bridgehead atoms. The van der Waals surface area contributed by atoms with Gasteiger partial charge in [0, 0.05) is 32.1 Å².